The molecule has 186 valence electrons. The number of nitrogens with zero attached hydrogens (tertiary/aromatic N) is 3. The summed E-state index contributed by atoms with van der Waals surface area (Å²) in [6.45, 7) is 1.85. The standard InChI is InChI=1S/C15H12N2O4S.C8H6N2O2.CH3F/c1-11-5-7-13(8-6-11)22(20,21)16-10-9-12-3-2-4-14(15(12)16)17(18)19;11-10(12)7-3-1-2-6-4-5-9-8(6)7;1-2/h2-10H,1H3;1-5,9H;1H3/i;;1D. The first-order valence-electron chi connectivity index (χ1n) is 10.9. The lowest BCUT2D eigenvalue weighted by molar-refractivity contribution is -0.383. The number of halogens is 1. The van der Waals surface area contributed by atoms with Crippen LogP contribution in [-0.2, 0) is 10.0 Å². The lowest BCUT2D eigenvalue weighted by atomic mass is 10.2. The number of nitrogens with one attached hydrogen (secondary N) is 1. The summed E-state index contributed by atoms with van der Waals surface area (Å²) in [7, 11) is -4.88. The lowest BCUT2D eigenvalue weighted by Crippen LogP contribution is -2.12. The number of alkyl halides is 1. The van der Waals surface area contributed by atoms with Gasteiger partial charge in [-0.25, -0.2) is 12.4 Å². The molecule has 2 aromatic heterocycles. The van der Waals surface area contributed by atoms with E-state index in [0.29, 0.717) is 10.9 Å². The highest BCUT2D eigenvalue weighted by molar-refractivity contribution is 7.90. The molecule has 5 aromatic rings. The monoisotopic (exact) mass is 513 g/mol. The summed E-state index contributed by atoms with van der Waals surface area (Å²) >= 11 is 0. The van der Waals surface area contributed by atoms with Crippen LogP contribution < -0.4 is 0 Å². The van der Waals surface area contributed by atoms with Gasteiger partial charge < -0.3 is 4.98 Å². The molecule has 36 heavy (non-hydrogen) atoms. The molecule has 5 rings (SSSR count). The SMILES string of the molecule is Cc1ccc(S(=O)(=O)n2ccc3cccc([N+](=O)[O-])c32)cc1.O=[N+]([O-])c1cccc2cc[nH]c12.[2H]CF. The number of nitro benzene ring substituents is 2. The van der Waals surface area contributed by atoms with Gasteiger partial charge in [-0.15, -0.1) is 0 Å². The molecule has 0 saturated carbocycles. The van der Waals surface area contributed by atoms with Crippen molar-refractivity contribution in [2.75, 3.05) is 7.15 Å². The van der Waals surface area contributed by atoms with Crippen molar-refractivity contribution >= 4 is 43.2 Å². The minimum atomic E-state index is -3.88. The average Bonchev–Trinajstić information content (AvgIpc) is 3.52. The van der Waals surface area contributed by atoms with Crippen LogP contribution in [0.15, 0.2) is 90.1 Å². The zero-order chi connectivity index (χ0) is 27.2. The number of aromatic nitrogens is 2. The van der Waals surface area contributed by atoms with Crippen molar-refractivity contribution in [2.45, 2.75) is 11.8 Å². The number of H-pyrrole nitrogens is 1. The normalized spacial score (nSPS) is 11.1. The zero-order valence-electron chi connectivity index (χ0n) is 19.9. The van der Waals surface area contributed by atoms with E-state index >= 15 is 0 Å². The van der Waals surface area contributed by atoms with E-state index in [-0.39, 0.29) is 21.8 Å². The molecule has 0 aliphatic heterocycles. The van der Waals surface area contributed by atoms with E-state index in [2.05, 4.69) is 4.98 Å². The van der Waals surface area contributed by atoms with E-state index in [0.717, 1.165) is 14.9 Å². The molecule has 2 heterocycles. The van der Waals surface area contributed by atoms with Crippen molar-refractivity contribution in [3.63, 3.8) is 0 Å². The largest absolute Gasteiger partial charge is 0.356 e. The van der Waals surface area contributed by atoms with Crippen molar-refractivity contribution < 1.29 is 24.0 Å². The van der Waals surface area contributed by atoms with Gasteiger partial charge in [0.15, 0.2) is 0 Å². The quantitative estimate of drug-likeness (QED) is 0.239. The van der Waals surface area contributed by atoms with Gasteiger partial charge in [-0.2, -0.15) is 0 Å². The molecule has 0 amide bonds. The Morgan fingerprint density at radius 1 is 0.889 bits per heavy atom. The van der Waals surface area contributed by atoms with E-state index < -0.39 is 27.0 Å². The van der Waals surface area contributed by atoms with Crippen LogP contribution in [0.1, 0.15) is 6.93 Å². The summed E-state index contributed by atoms with van der Waals surface area (Å²) < 4.78 is 41.9. The Labute approximate surface area is 206 Å². The molecule has 0 atom stereocenters. The molecule has 0 radical (unpaired) electrons. The molecule has 0 unspecified atom stereocenters. The predicted octanol–water partition coefficient (Wildman–Crippen LogP) is 5.76. The van der Waals surface area contributed by atoms with Crippen molar-refractivity contribution in [3.8, 4) is 0 Å². The van der Waals surface area contributed by atoms with Crippen molar-refractivity contribution in [1.29, 1.82) is 0 Å². The van der Waals surface area contributed by atoms with Gasteiger partial charge in [0.25, 0.3) is 21.4 Å². The number of benzene rings is 3. The van der Waals surface area contributed by atoms with Gasteiger partial charge in [-0.1, -0.05) is 42.0 Å². The van der Waals surface area contributed by atoms with Crippen LogP contribution in [0.3, 0.4) is 0 Å². The van der Waals surface area contributed by atoms with Gasteiger partial charge in [-0.3, -0.25) is 24.6 Å². The highest BCUT2D eigenvalue weighted by Crippen LogP contribution is 2.29. The second-order valence-corrected chi connectivity index (χ2v) is 9.19. The predicted molar refractivity (Wildman–Crippen MR) is 134 cm³/mol. The van der Waals surface area contributed by atoms with Gasteiger partial charge in [-0.05, 0) is 31.2 Å². The van der Waals surface area contributed by atoms with E-state index in [9.17, 15) is 33.0 Å². The Balaban J connectivity index is 0.000000212. The Bertz CT molecular complexity index is 1670. The fourth-order valence-corrected chi connectivity index (χ4v) is 4.91. The van der Waals surface area contributed by atoms with Gasteiger partial charge in [0.2, 0.25) is 0 Å². The molecule has 10 nitrogen and oxygen atoms in total. The third kappa shape index (κ3) is 5.08. The van der Waals surface area contributed by atoms with Crippen LogP contribution in [0.5, 0.6) is 0 Å². The minimum Gasteiger partial charge on any atom is -0.356 e. The smallest absolute Gasteiger partial charge is 0.294 e. The number of hydrogen-bond donors (Lipinski definition) is 1. The van der Waals surface area contributed by atoms with Crippen LogP contribution in [0.25, 0.3) is 21.8 Å². The number of para-hydroxylation sites is 2. The van der Waals surface area contributed by atoms with Gasteiger partial charge in [0, 0.05) is 35.3 Å². The van der Waals surface area contributed by atoms with E-state index in [1.54, 1.807) is 36.5 Å². The van der Waals surface area contributed by atoms with Crippen LogP contribution in [-0.4, -0.2) is 34.4 Å². The number of rotatable bonds is 4. The van der Waals surface area contributed by atoms with Crippen LogP contribution >= 0.6 is 0 Å². The van der Waals surface area contributed by atoms with Gasteiger partial charge >= 0.3 is 0 Å². The van der Waals surface area contributed by atoms with Crippen molar-refractivity contribution in [1.82, 2.24) is 8.96 Å². The molecular weight excluding hydrogens is 491 g/mol. The van der Waals surface area contributed by atoms with E-state index in [4.69, 9.17) is 1.37 Å². The molecule has 0 bridgehead atoms. The molecule has 0 saturated heterocycles. The summed E-state index contributed by atoms with van der Waals surface area (Å²) in [6.07, 6.45) is 3.03. The third-order valence-electron chi connectivity index (χ3n) is 5.19. The van der Waals surface area contributed by atoms with Crippen LogP contribution in [0.4, 0.5) is 15.8 Å². The second kappa shape index (κ2) is 10.8. The van der Waals surface area contributed by atoms with Crippen molar-refractivity contribution in [3.05, 3.63) is 111 Å². The number of fused-ring (bicyclic) bond motifs is 2. The minimum absolute atomic E-state index is 0.0769. The molecule has 12 heteroatoms. The molecular formula is C24H21FN4O6S. The van der Waals surface area contributed by atoms with Crippen molar-refractivity contribution in [2.24, 2.45) is 0 Å². The summed E-state index contributed by atoms with van der Waals surface area (Å²) in [5.41, 5.74) is 1.48. The van der Waals surface area contributed by atoms with Crippen LogP contribution in [0.2, 0.25) is 0 Å². The molecule has 3 aromatic carbocycles. The third-order valence-corrected chi connectivity index (χ3v) is 6.88. The van der Waals surface area contributed by atoms with Gasteiger partial charge in [0.1, 0.15) is 11.0 Å². The number of nitro groups is 2. The Morgan fingerprint density at radius 2 is 1.47 bits per heavy atom. The summed E-state index contributed by atoms with van der Waals surface area (Å²) in [4.78, 5) is 23.6. The average molecular weight is 514 g/mol. The first-order chi connectivity index (χ1) is 17.6. The van der Waals surface area contributed by atoms with Gasteiger partial charge in [0.05, 0.1) is 23.3 Å². The lowest BCUT2D eigenvalue weighted by Gasteiger charge is -2.08. The fraction of sp³-hybridized carbons (Fsp3) is 0.0833. The Morgan fingerprint density at radius 3 is 2.08 bits per heavy atom. The number of aromatic amines is 1. The highest BCUT2D eigenvalue weighted by atomic mass is 32.2. The number of aryl methyl sites for hydroxylation is 1. The number of non-ortho nitro benzene ring substituents is 2. The highest BCUT2D eigenvalue weighted by Gasteiger charge is 2.24. The van der Waals surface area contributed by atoms with Crippen LogP contribution in [0, 0.1) is 27.2 Å². The summed E-state index contributed by atoms with van der Waals surface area (Å²) in [5.74, 6) is 0. The maximum absolute atomic E-state index is 12.7. The summed E-state index contributed by atoms with van der Waals surface area (Å²) in [5, 5.41) is 23.0. The Hall–Kier alpha value is -4.58. The Kier molecular flexibility index (Phi) is 7.35. The number of hydrogen-bond acceptors (Lipinski definition) is 6. The first-order valence-corrected chi connectivity index (χ1v) is 11.7. The fourth-order valence-electron chi connectivity index (χ4n) is 3.54. The zero-order valence-corrected chi connectivity index (χ0v) is 19.7. The summed E-state index contributed by atoms with van der Waals surface area (Å²) in [6, 6.07) is 19.2. The molecule has 0 aliphatic rings. The van der Waals surface area contributed by atoms with E-state index in [1.807, 2.05) is 19.1 Å². The molecule has 1 N–H and O–H groups in total. The maximum atomic E-state index is 12.7. The molecule has 0 fully saturated rings. The maximum Gasteiger partial charge on any atom is 0.294 e. The molecule has 0 aliphatic carbocycles. The topological polar surface area (TPSA) is 141 Å². The molecule has 0 spiro atoms. The first kappa shape index (κ1) is 24.5. The van der Waals surface area contributed by atoms with E-state index in [1.165, 1.54) is 36.5 Å². The second-order valence-electron chi connectivity index (χ2n) is 7.38.